The molecule has 0 N–H and O–H groups in total. The summed E-state index contributed by atoms with van der Waals surface area (Å²) in [6.07, 6.45) is 5.22. The number of hydrogen-bond acceptors (Lipinski definition) is 11. The number of carbonyl (C=O) groups is 1. The molecule has 0 spiro atoms. The summed E-state index contributed by atoms with van der Waals surface area (Å²) in [5, 5.41) is 7.75. The third-order valence-electron chi connectivity index (χ3n) is 5.86. The number of anilines is 3. The smallest absolute Gasteiger partial charge is 0.338 e. The highest BCUT2D eigenvalue weighted by Gasteiger charge is 2.27. The zero-order valence-electron chi connectivity index (χ0n) is 19.5. The third-order valence-corrected chi connectivity index (χ3v) is 5.86. The van der Waals surface area contributed by atoms with Crippen LogP contribution in [0, 0.1) is 0 Å². The van der Waals surface area contributed by atoms with Gasteiger partial charge in [0.15, 0.2) is 11.6 Å². The Morgan fingerprint density at radius 3 is 2.43 bits per heavy atom. The van der Waals surface area contributed by atoms with Crippen molar-refractivity contribution in [3.05, 3.63) is 54.4 Å². The second kappa shape index (κ2) is 9.92. The monoisotopic (exact) mass is 475 g/mol. The maximum absolute atomic E-state index is 12.0. The van der Waals surface area contributed by atoms with Gasteiger partial charge >= 0.3 is 5.97 Å². The van der Waals surface area contributed by atoms with Crippen LogP contribution in [0.3, 0.4) is 0 Å². The van der Waals surface area contributed by atoms with Crippen molar-refractivity contribution in [2.45, 2.75) is 25.9 Å². The first-order chi connectivity index (χ1) is 17.1. The zero-order valence-corrected chi connectivity index (χ0v) is 19.5. The van der Waals surface area contributed by atoms with Gasteiger partial charge in [-0.25, -0.2) is 19.4 Å². The van der Waals surface area contributed by atoms with Crippen LogP contribution >= 0.6 is 0 Å². The van der Waals surface area contributed by atoms with E-state index in [1.807, 2.05) is 36.2 Å². The Balaban J connectivity index is 1.37. The molecule has 1 aromatic carbocycles. The molecule has 3 aromatic heterocycles. The number of piperidine rings is 1. The maximum atomic E-state index is 12.0. The number of benzene rings is 1. The number of nitrogens with zero attached hydrogens (tertiary/aromatic N) is 7. The summed E-state index contributed by atoms with van der Waals surface area (Å²) in [6.45, 7) is 3.59. The Kier molecular flexibility index (Phi) is 6.38. The van der Waals surface area contributed by atoms with Gasteiger partial charge in [0.1, 0.15) is 11.9 Å². The van der Waals surface area contributed by atoms with E-state index in [-0.39, 0.29) is 12.1 Å². The van der Waals surface area contributed by atoms with Crippen LogP contribution in [0.2, 0.25) is 0 Å². The normalized spacial score (nSPS) is 14.2. The zero-order chi connectivity index (χ0) is 24.2. The molecule has 1 fully saturated rings. The van der Waals surface area contributed by atoms with Crippen molar-refractivity contribution < 1.29 is 18.9 Å². The van der Waals surface area contributed by atoms with Crippen molar-refractivity contribution in [2.75, 3.05) is 36.5 Å². The molecule has 0 saturated carbocycles. The second-order valence-electron chi connectivity index (χ2n) is 8.10. The van der Waals surface area contributed by atoms with Gasteiger partial charge in [0.25, 0.3) is 0 Å². The van der Waals surface area contributed by atoms with Crippen molar-refractivity contribution in [3.63, 3.8) is 0 Å². The number of carbonyl (C=O) groups excluding carboxylic acids is 1. The summed E-state index contributed by atoms with van der Waals surface area (Å²) in [6, 6.07) is 10.9. The average molecular weight is 476 g/mol. The van der Waals surface area contributed by atoms with Gasteiger partial charge in [-0.3, -0.25) is 4.98 Å². The molecule has 1 aliphatic rings. The van der Waals surface area contributed by atoms with Crippen molar-refractivity contribution in [3.8, 4) is 5.75 Å². The number of fused-ring (bicyclic) bond motifs is 1. The predicted octanol–water partition coefficient (Wildman–Crippen LogP) is 3.40. The molecule has 0 radical (unpaired) electrons. The summed E-state index contributed by atoms with van der Waals surface area (Å²) >= 11 is 0. The first kappa shape index (κ1) is 22.5. The van der Waals surface area contributed by atoms with E-state index >= 15 is 0 Å². The number of ether oxygens (including phenoxy) is 2. The summed E-state index contributed by atoms with van der Waals surface area (Å²) in [5.74, 6) is 1.77. The minimum atomic E-state index is -0.353. The highest BCUT2D eigenvalue weighted by molar-refractivity contribution is 5.90. The molecule has 5 rings (SSSR count). The predicted molar refractivity (Wildman–Crippen MR) is 128 cm³/mol. The molecular weight excluding hydrogens is 450 g/mol. The molecule has 4 aromatic rings. The van der Waals surface area contributed by atoms with Crippen LogP contribution in [0.5, 0.6) is 5.75 Å². The highest BCUT2D eigenvalue weighted by Crippen LogP contribution is 2.33. The Morgan fingerprint density at radius 1 is 1.06 bits per heavy atom. The molecule has 0 aliphatic carbocycles. The lowest BCUT2D eigenvalue weighted by Gasteiger charge is -2.34. The number of rotatable bonds is 7. The summed E-state index contributed by atoms with van der Waals surface area (Å²) in [4.78, 5) is 29.5. The van der Waals surface area contributed by atoms with Gasteiger partial charge in [0, 0.05) is 51.1 Å². The standard InChI is InChI=1S/C24H25N7O4/c1-3-33-24(32)16-4-6-17(7-5-16)30(2)22-23(27-21-20(26-22)28-35-29-21)31-14-10-19(11-15-31)34-18-8-12-25-13-9-18/h4-9,12-13,19H,3,10-11,14-15H2,1-2H3. The van der Waals surface area contributed by atoms with Gasteiger partial charge in [0.2, 0.25) is 11.3 Å². The first-order valence-corrected chi connectivity index (χ1v) is 11.4. The van der Waals surface area contributed by atoms with Crippen molar-refractivity contribution in [1.82, 2.24) is 25.3 Å². The van der Waals surface area contributed by atoms with E-state index in [0.29, 0.717) is 35.1 Å². The quantitative estimate of drug-likeness (QED) is 0.366. The Labute approximate surface area is 201 Å². The average Bonchev–Trinajstić information content (AvgIpc) is 3.36. The maximum Gasteiger partial charge on any atom is 0.338 e. The van der Waals surface area contributed by atoms with Crippen LogP contribution in [0.25, 0.3) is 11.3 Å². The van der Waals surface area contributed by atoms with Gasteiger partial charge in [-0.05, 0) is 53.6 Å². The number of esters is 1. The van der Waals surface area contributed by atoms with Crippen LogP contribution in [-0.4, -0.2) is 64.1 Å². The lowest BCUT2D eigenvalue weighted by molar-refractivity contribution is 0.0526. The molecule has 4 heterocycles. The molecule has 180 valence electrons. The molecule has 0 amide bonds. The van der Waals surface area contributed by atoms with Crippen LogP contribution in [0.4, 0.5) is 17.3 Å². The molecule has 1 saturated heterocycles. The topological polar surface area (TPSA) is 120 Å². The van der Waals surface area contributed by atoms with E-state index in [9.17, 15) is 4.79 Å². The van der Waals surface area contributed by atoms with E-state index < -0.39 is 0 Å². The molecule has 35 heavy (non-hydrogen) atoms. The van der Waals surface area contributed by atoms with Gasteiger partial charge in [-0.1, -0.05) is 0 Å². The fraction of sp³-hybridized carbons (Fsp3) is 0.333. The van der Waals surface area contributed by atoms with Gasteiger partial charge < -0.3 is 19.3 Å². The lowest BCUT2D eigenvalue weighted by atomic mass is 10.1. The first-order valence-electron chi connectivity index (χ1n) is 11.4. The Morgan fingerprint density at radius 2 is 1.74 bits per heavy atom. The summed E-state index contributed by atoms with van der Waals surface area (Å²) < 4.78 is 16.0. The van der Waals surface area contributed by atoms with Gasteiger partial charge in [0.05, 0.1) is 12.2 Å². The van der Waals surface area contributed by atoms with Crippen LogP contribution in [0.15, 0.2) is 53.4 Å². The van der Waals surface area contributed by atoms with E-state index in [1.54, 1.807) is 31.5 Å². The number of hydrogen-bond donors (Lipinski definition) is 0. The summed E-state index contributed by atoms with van der Waals surface area (Å²) in [7, 11) is 1.89. The van der Waals surface area contributed by atoms with Crippen LogP contribution < -0.4 is 14.5 Å². The van der Waals surface area contributed by atoms with Gasteiger partial charge in [-0.2, -0.15) is 0 Å². The minimum Gasteiger partial charge on any atom is -0.490 e. The van der Waals surface area contributed by atoms with Crippen molar-refractivity contribution in [2.24, 2.45) is 0 Å². The fourth-order valence-corrected chi connectivity index (χ4v) is 4.01. The van der Waals surface area contributed by atoms with E-state index in [2.05, 4.69) is 25.2 Å². The second-order valence-corrected chi connectivity index (χ2v) is 8.10. The third kappa shape index (κ3) is 4.84. The largest absolute Gasteiger partial charge is 0.490 e. The lowest BCUT2D eigenvalue weighted by Crippen LogP contribution is -2.39. The molecule has 0 unspecified atom stereocenters. The van der Waals surface area contributed by atoms with E-state index in [0.717, 1.165) is 37.4 Å². The molecule has 0 atom stereocenters. The van der Waals surface area contributed by atoms with Crippen LogP contribution in [-0.2, 0) is 4.74 Å². The van der Waals surface area contributed by atoms with Crippen molar-refractivity contribution >= 4 is 34.6 Å². The molecule has 0 bridgehead atoms. The molecular formula is C24H25N7O4. The Bertz CT molecular complexity index is 1290. The molecule has 11 nitrogen and oxygen atoms in total. The number of aromatic nitrogens is 5. The summed E-state index contributed by atoms with van der Waals surface area (Å²) in [5.41, 5.74) is 2.00. The van der Waals surface area contributed by atoms with E-state index in [1.165, 1.54) is 0 Å². The molecule has 1 aliphatic heterocycles. The SMILES string of the molecule is CCOC(=O)c1ccc(N(C)c2nc3nonc3nc2N2CCC(Oc3ccncc3)CC2)cc1. The van der Waals surface area contributed by atoms with E-state index in [4.69, 9.17) is 19.1 Å². The van der Waals surface area contributed by atoms with Crippen molar-refractivity contribution in [1.29, 1.82) is 0 Å². The Hall–Kier alpha value is -4.28. The van der Waals surface area contributed by atoms with Crippen LogP contribution in [0.1, 0.15) is 30.1 Å². The fourth-order valence-electron chi connectivity index (χ4n) is 4.01. The highest BCUT2D eigenvalue weighted by atomic mass is 16.6. The van der Waals surface area contributed by atoms with Gasteiger partial charge in [-0.15, -0.1) is 0 Å². The molecule has 11 heteroatoms. The minimum absolute atomic E-state index is 0.107. The number of pyridine rings is 1.